The Kier molecular flexibility index (Phi) is 4.91. The fraction of sp³-hybridized carbons (Fsp3) is 0.857. The highest BCUT2D eigenvalue weighted by Gasteiger charge is 2.10. The summed E-state index contributed by atoms with van der Waals surface area (Å²) in [5, 5.41) is 12.1. The average Bonchev–Trinajstić information content (AvgIpc) is 1.87. The standard InChI is InChI=1S/C7H13OS/c1-3-4-6(2)7(8)5-9/h5-7H,3-4H2,1-2H3. The van der Waals surface area contributed by atoms with E-state index in [4.69, 9.17) is 0 Å². The van der Waals surface area contributed by atoms with Crippen molar-refractivity contribution in [2.75, 3.05) is 0 Å². The molecule has 0 amide bonds. The van der Waals surface area contributed by atoms with Gasteiger partial charge in [0.2, 0.25) is 0 Å². The van der Waals surface area contributed by atoms with Crippen LogP contribution in [0.2, 0.25) is 0 Å². The molecule has 0 saturated carbocycles. The Balaban J connectivity index is 3.44. The second-order valence-corrected chi connectivity index (χ2v) is 2.64. The van der Waals surface area contributed by atoms with E-state index in [2.05, 4.69) is 19.1 Å². The van der Waals surface area contributed by atoms with E-state index in [1.54, 1.807) is 0 Å². The van der Waals surface area contributed by atoms with Gasteiger partial charge in [0.15, 0.2) is 0 Å². The molecule has 1 nitrogen and oxygen atoms in total. The summed E-state index contributed by atoms with van der Waals surface area (Å²) in [6, 6.07) is 0. The summed E-state index contributed by atoms with van der Waals surface area (Å²) >= 11 is 4.53. The van der Waals surface area contributed by atoms with E-state index in [0.29, 0.717) is 0 Å². The maximum Gasteiger partial charge on any atom is 0.124 e. The predicted molar refractivity (Wildman–Crippen MR) is 42.2 cm³/mol. The van der Waals surface area contributed by atoms with Gasteiger partial charge < -0.3 is 0 Å². The molecule has 0 aliphatic rings. The Morgan fingerprint density at radius 3 is 2.56 bits per heavy atom. The monoisotopic (exact) mass is 145 g/mol. The molecule has 1 radical (unpaired) electrons. The van der Waals surface area contributed by atoms with Crippen LogP contribution in [-0.4, -0.2) is 11.5 Å². The van der Waals surface area contributed by atoms with Gasteiger partial charge in [0, 0.05) is 5.37 Å². The van der Waals surface area contributed by atoms with Crippen molar-refractivity contribution in [1.82, 2.24) is 0 Å². The zero-order chi connectivity index (χ0) is 7.28. The summed E-state index contributed by atoms with van der Waals surface area (Å²) in [5.41, 5.74) is 0. The van der Waals surface area contributed by atoms with Crippen molar-refractivity contribution in [3.63, 3.8) is 0 Å². The lowest BCUT2D eigenvalue weighted by Gasteiger charge is -2.09. The van der Waals surface area contributed by atoms with Gasteiger partial charge >= 0.3 is 0 Å². The lowest BCUT2D eigenvalue weighted by atomic mass is 10.0. The van der Waals surface area contributed by atoms with Crippen molar-refractivity contribution < 1.29 is 5.11 Å². The smallest absolute Gasteiger partial charge is 0.124 e. The summed E-state index contributed by atoms with van der Waals surface area (Å²) in [7, 11) is 0. The molecule has 0 aromatic rings. The third-order valence-electron chi connectivity index (χ3n) is 1.44. The molecule has 0 rings (SSSR count). The van der Waals surface area contributed by atoms with Gasteiger partial charge in [-0.15, -0.1) is 0 Å². The first-order valence-corrected chi connectivity index (χ1v) is 3.80. The van der Waals surface area contributed by atoms with Gasteiger partial charge in [-0.3, -0.25) is 0 Å². The van der Waals surface area contributed by atoms with Crippen LogP contribution in [0.1, 0.15) is 26.7 Å². The second-order valence-electron chi connectivity index (χ2n) is 2.37. The number of rotatable bonds is 4. The Labute approximate surface area is 62.1 Å². The fourth-order valence-corrected chi connectivity index (χ4v) is 1.02. The van der Waals surface area contributed by atoms with Crippen LogP contribution in [0.3, 0.4) is 0 Å². The van der Waals surface area contributed by atoms with Crippen LogP contribution in [0.5, 0.6) is 0 Å². The molecular weight excluding hydrogens is 132 g/mol. The Morgan fingerprint density at radius 1 is 1.67 bits per heavy atom. The van der Waals surface area contributed by atoms with Gasteiger partial charge in [-0.25, -0.2) is 5.11 Å². The molecule has 0 aliphatic heterocycles. The highest BCUT2D eigenvalue weighted by Crippen LogP contribution is 2.08. The molecule has 53 valence electrons. The predicted octanol–water partition coefficient (Wildman–Crippen LogP) is 2.22. The molecule has 0 bridgehead atoms. The Hall–Kier alpha value is 0.0500. The second kappa shape index (κ2) is 4.89. The third kappa shape index (κ3) is 3.60. The maximum atomic E-state index is 10.8. The van der Waals surface area contributed by atoms with E-state index in [-0.39, 0.29) is 5.92 Å². The first kappa shape index (κ1) is 9.05. The van der Waals surface area contributed by atoms with Crippen LogP contribution in [0.25, 0.3) is 0 Å². The van der Waals surface area contributed by atoms with Crippen molar-refractivity contribution in [3.8, 4) is 0 Å². The van der Waals surface area contributed by atoms with E-state index in [0.717, 1.165) is 12.8 Å². The number of hydrogen-bond donors (Lipinski definition) is 0. The molecule has 2 unspecified atom stereocenters. The van der Waals surface area contributed by atoms with Crippen molar-refractivity contribution >= 4 is 17.6 Å². The molecule has 0 aliphatic carbocycles. The van der Waals surface area contributed by atoms with Gasteiger partial charge in [-0.1, -0.05) is 32.5 Å². The topological polar surface area (TPSA) is 19.9 Å². The summed E-state index contributed by atoms with van der Waals surface area (Å²) in [5.74, 6) is 0.215. The van der Waals surface area contributed by atoms with Gasteiger partial charge in [0.05, 0.1) is 0 Å². The molecule has 0 aromatic carbocycles. The zero-order valence-electron chi connectivity index (χ0n) is 5.96. The van der Waals surface area contributed by atoms with Crippen LogP contribution >= 0.6 is 12.2 Å². The minimum atomic E-state index is -0.639. The first-order chi connectivity index (χ1) is 4.22. The lowest BCUT2D eigenvalue weighted by Crippen LogP contribution is -2.15. The van der Waals surface area contributed by atoms with Crippen LogP contribution in [0, 0.1) is 5.92 Å². The zero-order valence-corrected chi connectivity index (χ0v) is 6.78. The van der Waals surface area contributed by atoms with Gasteiger partial charge in [-0.2, -0.15) is 0 Å². The maximum absolute atomic E-state index is 10.8. The van der Waals surface area contributed by atoms with Crippen LogP contribution in [-0.2, 0) is 5.11 Å². The molecule has 0 fully saturated rings. The van der Waals surface area contributed by atoms with E-state index in [9.17, 15) is 5.11 Å². The van der Waals surface area contributed by atoms with Crippen molar-refractivity contribution in [2.45, 2.75) is 32.8 Å². The molecule has 0 N–H and O–H groups in total. The average molecular weight is 145 g/mol. The van der Waals surface area contributed by atoms with Crippen molar-refractivity contribution in [2.24, 2.45) is 5.92 Å². The molecule has 0 spiro atoms. The number of thiocarbonyl (C=S) groups is 1. The molecule has 2 atom stereocenters. The Morgan fingerprint density at radius 2 is 2.22 bits per heavy atom. The minimum absolute atomic E-state index is 0.215. The molecule has 2 heteroatoms. The third-order valence-corrected chi connectivity index (χ3v) is 1.71. The molecule has 0 heterocycles. The highest BCUT2D eigenvalue weighted by atomic mass is 32.1. The SMILES string of the molecule is CCCC(C)C([O])C=S. The van der Waals surface area contributed by atoms with Crippen molar-refractivity contribution in [1.29, 1.82) is 0 Å². The van der Waals surface area contributed by atoms with E-state index < -0.39 is 6.10 Å². The number of hydrogen-bond acceptors (Lipinski definition) is 1. The van der Waals surface area contributed by atoms with Gasteiger partial charge in [-0.05, 0) is 12.3 Å². The summed E-state index contributed by atoms with van der Waals surface area (Å²) in [4.78, 5) is 0. The highest BCUT2D eigenvalue weighted by molar-refractivity contribution is 7.79. The lowest BCUT2D eigenvalue weighted by molar-refractivity contribution is 0.101. The van der Waals surface area contributed by atoms with Gasteiger partial charge in [0.1, 0.15) is 6.10 Å². The summed E-state index contributed by atoms with van der Waals surface area (Å²) in [6.45, 7) is 4.02. The largest absolute Gasteiger partial charge is 0.227 e. The van der Waals surface area contributed by atoms with Crippen molar-refractivity contribution in [3.05, 3.63) is 0 Å². The van der Waals surface area contributed by atoms with E-state index >= 15 is 0 Å². The summed E-state index contributed by atoms with van der Waals surface area (Å²) < 4.78 is 0. The van der Waals surface area contributed by atoms with E-state index in [1.165, 1.54) is 5.37 Å². The Bertz CT molecular complexity index is 83.0. The van der Waals surface area contributed by atoms with E-state index in [1.807, 2.05) is 6.92 Å². The molecule has 9 heavy (non-hydrogen) atoms. The quantitative estimate of drug-likeness (QED) is 0.555. The van der Waals surface area contributed by atoms with Crippen LogP contribution in [0.15, 0.2) is 0 Å². The molecule has 0 saturated heterocycles. The molecule has 0 aromatic heterocycles. The fourth-order valence-electron chi connectivity index (χ4n) is 0.754. The molecular formula is C7H13OS. The van der Waals surface area contributed by atoms with Crippen LogP contribution in [0.4, 0.5) is 0 Å². The first-order valence-electron chi connectivity index (χ1n) is 3.33. The van der Waals surface area contributed by atoms with Gasteiger partial charge in [0.25, 0.3) is 0 Å². The minimum Gasteiger partial charge on any atom is -0.227 e. The van der Waals surface area contributed by atoms with Crippen LogP contribution < -0.4 is 0 Å². The normalized spacial score (nSPS) is 16.8. The summed E-state index contributed by atoms with van der Waals surface area (Å²) in [6.07, 6.45) is 1.42.